The SMILES string of the molecule is CNC([C-]=O)CS.[CH3-].[Y]. The number of hydrogen-bond acceptors (Lipinski definition) is 3. The van der Waals surface area contributed by atoms with Gasteiger partial charge in [-0.2, -0.15) is 12.6 Å². The Kier molecular flexibility index (Phi) is 21.8. The normalized spacial score (nSPS) is 10.4. The maximum absolute atomic E-state index is 9.73. The fourth-order valence-electron chi connectivity index (χ4n) is 0.187. The summed E-state index contributed by atoms with van der Waals surface area (Å²) in [5.41, 5.74) is 0. The van der Waals surface area contributed by atoms with Gasteiger partial charge in [-0.05, 0) is 12.8 Å². The van der Waals surface area contributed by atoms with E-state index in [9.17, 15) is 4.79 Å². The van der Waals surface area contributed by atoms with E-state index in [-0.39, 0.29) is 46.2 Å². The molecule has 1 radical (unpaired) electrons. The predicted octanol–water partition coefficient (Wildman–Crippen LogP) is 0.0617. The Labute approximate surface area is 87.5 Å². The molecular formula is C5H11NOSY-2. The van der Waals surface area contributed by atoms with Crippen LogP contribution in [0.4, 0.5) is 0 Å². The van der Waals surface area contributed by atoms with E-state index in [1.54, 1.807) is 13.3 Å². The molecule has 0 spiro atoms. The van der Waals surface area contributed by atoms with Crippen molar-refractivity contribution in [3.8, 4) is 0 Å². The van der Waals surface area contributed by atoms with Crippen molar-refractivity contribution in [1.82, 2.24) is 5.32 Å². The smallest absolute Gasteiger partial charge is 0 e. The van der Waals surface area contributed by atoms with Crippen molar-refractivity contribution in [3.05, 3.63) is 7.43 Å². The summed E-state index contributed by atoms with van der Waals surface area (Å²) in [6.07, 6.45) is 1.76. The molecule has 0 saturated carbocycles. The van der Waals surface area contributed by atoms with Crippen LogP contribution in [-0.4, -0.2) is 25.1 Å². The van der Waals surface area contributed by atoms with Gasteiger partial charge in [-0.3, -0.25) is 0 Å². The molecule has 0 aliphatic heterocycles. The van der Waals surface area contributed by atoms with Gasteiger partial charge >= 0.3 is 0 Å². The third-order valence-corrected chi connectivity index (χ3v) is 1.04. The molecule has 0 aliphatic rings. The van der Waals surface area contributed by atoms with Crippen LogP contribution in [0.25, 0.3) is 0 Å². The zero-order valence-electron chi connectivity index (χ0n) is 5.72. The molecule has 9 heavy (non-hydrogen) atoms. The van der Waals surface area contributed by atoms with E-state index in [1.807, 2.05) is 0 Å². The molecule has 0 saturated heterocycles. The average Bonchev–Trinajstić information content (AvgIpc) is 1.72. The van der Waals surface area contributed by atoms with Gasteiger partial charge < -0.3 is 17.5 Å². The van der Waals surface area contributed by atoms with E-state index in [0.717, 1.165) is 0 Å². The summed E-state index contributed by atoms with van der Waals surface area (Å²) < 4.78 is 0. The fourth-order valence-corrected chi connectivity index (χ4v) is 0.445. The molecule has 1 unspecified atom stereocenters. The number of rotatable bonds is 3. The van der Waals surface area contributed by atoms with Crippen LogP contribution in [0.1, 0.15) is 0 Å². The second-order valence-corrected chi connectivity index (χ2v) is 1.51. The van der Waals surface area contributed by atoms with Gasteiger partial charge in [0, 0.05) is 32.7 Å². The molecule has 1 N–H and O–H groups in total. The van der Waals surface area contributed by atoms with Crippen LogP contribution in [0.15, 0.2) is 0 Å². The molecule has 0 aromatic heterocycles. The summed E-state index contributed by atoms with van der Waals surface area (Å²) in [7, 11) is 1.70. The van der Waals surface area contributed by atoms with Crippen molar-refractivity contribution in [3.63, 3.8) is 0 Å². The first kappa shape index (κ1) is 16.6. The number of likely N-dealkylation sites (N-methyl/N-ethyl adjacent to an activating group) is 1. The standard InChI is InChI=1S/C4H8NOS.CH3.Y/c1-5-4(2-6)3-7;;/h4-5,7H,3H2,1H3;1H3;/q2*-1;. The van der Waals surface area contributed by atoms with Crippen LogP contribution >= 0.6 is 12.6 Å². The minimum absolute atomic E-state index is 0. The third-order valence-electron chi connectivity index (χ3n) is 0.673. The van der Waals surface area contributed by atoms with Gasteiger partial charge in [0.25, 0.3) is 0 Å². The molecule has 53 valence electrons. The second kappa shape index (κ2) is 11.8. The van der Waals surface area contributed by atoms with E-state index in [1.165, 1.54) is 0 Å². The molecule has 0 fully saturated rings. The largest absolute Gasteiger partial charge is 0.540 e. The van der Waals surface area contributed by atoms with Crippen molar-refractivity contribution in [2.24, 2.45) is 0 Å². The zero-order valence-corrected chi connectivity index (χ0v) is 9.45. The maximum atomic E-state index is 9.73. The topological polar surface area (TPSA) is 29.1 Å². The molecule has 0 aliphatic carbocycles. The predicted molar refractivity (Wildman–Crippen MR) is 38.8 cm³/mol. The third kappa shape index (κ3) is 9.08. The summed E-state index contributed by atoms with van der Waals surface area (Å²) in [5, 5.41) is 2.70. The molecule has 0 heterocycles. The summed E-state index contributed by atoms with van der Waals surface area (Å²) in [6, 6.07) is -0.205. The van der Waals surface area contributed by atoms with Crippen molar-refractivity contribution >= 4 is 18.9 Å². The number of carbonyl (C=O) groups excluding carboxylic acids is 1. The molecule has 0 amide bonds. The minimum Gasteiger partial charge on any atom is -0.540 e. The van der Waals surface area contributed by atoms with Crippen molar-refractivity contribution in [1.29, 1.82) is 0 Å². The molecule has 1 atom stereocenters. The van der Waals surface area contributed by atoms with Crippen LogP contribution in [0.2, 0.25) is 0 Å². The molecule has 0 aromatic carbocycles. The van der Waals surface area contributed by atoms with Gasteiger partial charge in [-0.25, -0.2) is 6.29 Å². The summed E-state index contributed by atoms with van der Waals surface area (Å²) in [6.45, 7) is 0. The maximum Gasteiger partial charge on any atom is 0 e. The molecular weight excluding hydrogens is 211 g/mol. The monoisotopic (exact) mass is 222 g/mol. The second-order valence-electron chi connectivity index (χ2n) is 1.14. The van der Waals surface area contributed by atoms with Gasteiger partial charge in [0.1, 0.15) is 0 Å². The summed E-state index contributed by atoms with van der Waals surface area (Å²) in [4.78, 5) is 9.73. The van der Waals surface area contributed by atoms with Crippen LogP contribution in [0, 0.1) is 7.43 Å². The van der Waals surface area contributed by atoms with Crippen LogP contribution in [0.5, 0.6) is 0 Å². The average molecular weight is 222 g/mol. The van der Waals surface area contributed by atoms with Gasteiger partial charge in [0.05, 0.1) is 0 Å². The Morgan fingerprint density at radius 3 is 2.22 bits per heavy atom. The van der Waals surface area contributed by atoms with Crippen molar-refractivity contribution in [2.75, 3.05) is 12.8 Å². The Hall–Kier alpha value is 1.08. The molecule has 0 bridgehead atoms. The van der Waals surface area contributed by atoms with Crippen LogP contribution in [0.3, 0.4) is 0 Å². The molecule has 0 rings (SSSR count). The first-order valence-electron chi connectivity index (χ1n) is 2.01. The minimum atomic E-state index is -0.205. The molecule has 2 nitrogen and oxygen atoms in total. The number of hydrogen-bond donors (Lipinski definition) is 2. The fraction of sp³-hybridized carbons (Fsp3) is 0.600. The van der Waals surface area contributed by atoms with Gasteiger partial charge in [0.15, 0.2) is 0 Å². The first-order valence-corrected chi connectivity index (χ1v) is 2.64. The van der Waals surface area contributed by atoms with Crippen LogP contribution in [-0.2, 0) is 37.5 Å². The van der Waals surface area contributed by atoms with Crippen molar-refractivity contribution < 1.29 is 37.5 Å². The summed E-state index contributed by atoms with van der Waals surface area (Å²) >= 11 is 3.85. The van der Waals surface area contributed by atoms with Gasteiger partial charge in [-0.1, -0.05) is 6.04 Å². The zero-order chi connectivity index (χ0) is 5.70. The van der Waals surface area contributed by atoms with E-state index < -0.39 is 0 Å². The molecule has 4 heteroatoms. The van der Waals surface area contributed by atoms with Crippen LogP contribution < -0.4 is 5.32 Å². The van der Waals surface area contributed by atoms with E-state index in [2.05, 4.69) is 17.9 Å². The Balaban J connectivity index is -0.000000180. The van der Waals surface area contributed by atoms with Gasteiger partial charge in [0.2, 0.25) is 0 Å². The summed E-state index contributed by atoms with van der Waals surface area (Å²) in [5.74, 6) is 0.514. The van der Waals surface area contributed by atoms with E-state index >= 15 is 0 Å². The quantitative estimate of drug-likeness (QED) is 0.522. The Bertz CT molecular complexity index is 58.9. The van der Waals surface area contributed by atoms with Crippen molar-refractivity contribution in [2.45, 2.75) is 6.04 Å². The van der Waals surface area contributed by atoms with E-state index in [4.69, 9.17) is 0 Å². The Morgan fingerprint density at radius 1 is 1.78 bits per heavy atom. The Morgan fingerprint density at radius 2 is 2.22 bits per heavy atom. The molecule has 0 aromatic rings. The van der Waals surface area contributed by atoms with Gasteiger partial charge in [-0.15, -0.1) is 0 Å². The number of nitrogens with one attached hydrogen (secondary N) is 1. The van der Waals surface area contributed by atoms with E-state index in [0.29, 0.717) is 5.75 Å². The number of thiol groups is 1. The first-order chi connectivity index (χ1) is 3.35.